The second kappa shape index (κ2) is 9.39. The Morgan fingerprint density at radius 1 is 1.00 bits per heavy atom. The Morgan fingerprint density at radius 2 is 1.69 bits per heavy atom. The molecule has 3 aromatic rings. The van der Waals surface area contributed by atoms with E-state index in [2.05, 4.69) is 10.2 Å². The van der Waals surface area contributed by atoms with E-state index >= 15 is 0 Å². The summed E-state index contributed by atoms with van der Waals surface area (Å²) in [4.78, 5) is 16.6. The highest BCUT2D eigenvalue weighted by Crippen LogP contribution is 2.30. The second-order valence-corrected chi connectivity index (χ2v) is 7.23. The molecule has 4 rings (SSSR count). The number of amides is 2. The van der Waals surface area contributed by atoms with E-state index in [1.54, 1.807) is 34.1 Å². The van der Waals surface area contributed by atoms with Crippen molar-refractivity contribution in [2.24, 2.45) is 0 Å². The third-order valence-electron chi connectivity index (χ3n) is 5.07. The van der Waals surface area contributed by atoms with Crippen molar-refractivity contribution in [1.29, 1.82) is 0 Å². The van der Waals surface area contributed by atoms with Gasteiger partial charge in [-0.1, -0.05) is 30.3 Å². The van der Waals surface area contributed by atoms with Crippen LogP contribution >= 0.6 is 0 Å². The van der Waals surface area contributed by atoms with Crippen LogP contribution in [0.25, 0.3) is 11.5 Å². The highest BCUT2D eigenvalue weighted by Gasteiger charge is 2.38. The lowest BCUT2D eigenvalue weighted by molar-refractivity contribution is -0.156. The Hall–Kier alpha value is -3.40. The number of alkyl halides is 3. The SMILES string of the molecule is O=C(N1CCOCC1)N(CCc1ccc(-c2nnc(C(F)(F)F)o2)cc1)c1ccccc1. The maximum absolute atomic E-state index is 13.1. The first kappa shape index (κ1) is 21.8. The van der Waals surface area contributed by atoms with Crippen LogP contribution in [0.5, 0.6) is 0 Å². The van der Waals surface area contributed by atoms with Crippen LogP contribution in [0, 0.1) is 0 Å². The van der Waals surface area contributed by atoms with Crippen LogP contribution < -0.4 is 4.90 Å². The van der Waals surface area contributed by atoms with Crippen molar-refractivity contribution in [3.63, 3.8) is 0 Å². The van der Waals surface area contributed by atoms with Crippen molar-refractivity contribution >= 4 is 11.7 Å². The van der Waals surface area contributed by atoms with Gasteiger partial charge in [0.05, 0.1) is 13.2 Å². The molecule has 32 heavy (non-hydrogen) atoms. The minimum absolute atomic E-state index is 0.0818. The number of carbonyl (C=O) groups excluding carboxylic acids is 1. The zero-order valence-corrected chi connectivity index (χ0v) is 17.1. The average molecular weight is 446 g/mol. The van der Waals surface area contributed by atoms with E-state index in [1.165, 1.54) is 0 Å². The third kappa shape index (κ3) is 5.08. The topological polar surface area (TPSA) is 71.7 Å². The van der Waals surface area contributed by atoms with Gasteiger partial charge in [-0.25, -0.2) is 4.79 Å². The predicted octanol–water partition coefficient (Wildman–Crippen LogP) is 4.26. The van der Waals surface area contributed by atoms with Crippen molar-refractivity contribution in [2.75, 3.05) is 37.7 Å². The molecule has 1 aromatic heterocycles. The molecule has 2 heterocycles. The first-order valence-electron chi connectivity index (χ1n) is 10.1. The molecule has 2 amide bonds. The van der Waals surface area contributed by atoms with Gasteiger partial charge in [0, 0.05) is 30.9 Å². The van der Waals surface area contributed by atoms with E-state index in [0.29, 0.717) is 44.8 Å². The number of ether oxygens (including phenoxy) is 1. The van der Waals surface area contributed by atoms with E-state index < -0.39 is 12.1 Å². The predicted molar refractivity (Wildman–Crippen MR) is 110 cm³/mol. The number of para-hydroxylation sites is 1. The zero-order chi connectivity index (χ0) is 22.6. The van der Waals surface area contributed by atoms with Crippen LogP contribution in [0.2, 0.25) is 0 Å². The maximum atomic E-state index is 13.1. The fraction of sp³-hybridized carbons (Fsp3) is 0.318. The first-order chi connectivity index (χ1) is 15.4. The molecule has 10 heteroatoms. The van der Waals surface area contributed by atoms with E-state index in [0.717, 1.165) is 11.3 Å². The normalized spacial score (nSPS) is 14.4. The van der Waals surface area contributed by atoms with Crippen molar-refractivity contribution in [3.05, 3.63) is 66.1 Å². The summed E-state index contributed by atoms with van der Waals surface area (Å²) in [5.74, 6) is -1.58. The Morgan fingerprint density at radius 3 is 2.31 bits per heavy atom. The summed E-state index contributed by atoms with van der Waals surface area (Å²) in [6, 6.07) is 16.1. The molecule has 0 unspecified atom stereocenters. The molecule has 1 saturated heterocycles. The quantitative estimate of drug-likeness (QED) is 0.586. The number of aromatic nitrogens is 2. The number of hydrogen-bond donors (Lipinski definition) is 0. The van der Waals surface area contributed by atoms with Crippen LogP contribution in [0.15, 0.2) is 59.0 Å². The number of rotatable bonds is 5. The summed E-state index contributed by atoms with van der Waals surface area (Å²) >= 11 is 0. The van der Waals surface area contributed by atoms with Crippen molar-refractivity contribution in [1.82, 2.24) is 15.1 Å². The van der Waals surface area contributed by atoms with Gasteiger partial charge in [-0.3, -0.25) is 4.90 Å². The molecular weight excluding hydrogens is 425 g/mol. The number of hydrogen-bond acceptors (Lipinski definition) is 5. The number of anilines is 1. The summed E-state index contributed by atoms with van der Waals surface area (Å²) in [7, 11) is 0. The fourth-order valence-corrected chi connectivity index (χ4v) is 3.38. The number of benzene rings is 2. The summed E-state index contributed by atoms with van der Waals surface area (Å²) in [5, 5.41) is 6.51. The summed E-state index contributed by atoms with van der Waals surface area (Å²) in [6.07, 6.45) is -4.12. The fourth-order valence-electron chi connectivity index (χ4n) is 3.38. The zero-order valence-electron chi connectivity index (χ0n) is 17.1. The third-order valence-corrected chi connectivity index (χ3v) is 5.07. The summed E-state index contributed by atoms with van der Waals surface area (Å²) in [5.41, 5.74) is 2.10. The van der Waals surface area contributed by atoms with Crippen LogP contribution in [0.1, 0.15) is 11.5 Å². The number of carbonyl (C=O) groups is 1. The molecule has 7 nitrogen and oxygen atoms in total. The average Bonchev–Trinajstić information content (AvgIpc) is 3.32. The van der Waals surface area contributed by atoms with Crippen LogP contribution in [-0.2, 0) is 17.3 Å². The van der Waals surface area contributed by atoms with Gasteiger partial charge in [0.15, 0.2) is 0 Å². The minimum atomic E-state index is -4.68. The summed E-state index contributed by atoms with van der Waals surface area (Å²) in [6.45, 7) is 2.56. The number of urea groups is 1. The second-order valence-electron chi connectivity index (χ2n) is 7.23. The van der Waals surface area contributed by atoms with Gasteiger partial charge < -0.3 is 14.1 Å². The molecule has 0 aliphatic carbocycles. The van der Waals surface area contributed by atoms with Crippen molar-refractivity contribution < 1.29 is 27.1 Å². The Kier molecular flexibility index (Phi) is 6.40. The lowest BCUT2D eigenvalue weighted by Crippen LogP contribution is -2.49. The van der Waals surface area contributed by atoms with Gasteiger partial charge in [-0.05, 0) is 36.2 Å². The molecule has 168 valence electrons. The molecule has 2 aromatic carbocycles. The summed E-state index contributed by atoms with van der Waals surface area (Å²) < 4.78 is 48.0. The van der Waals surface area contributed by atoms with Gasteiger partial charge >= 0.3 is 18.1 Å². The van der Waals surface area contributed by atoms with E-state index in [1.807, 2.05) is 30.3 Å². The van der Waals surface area contributed by atoms with Gasteiger partial charge in [0.2, 0.25) is 5.89 Å². The Labute approximate surface area is 182 Å². The molecule has 0 radical (unpaired) electrons. The molecule has 0 atom stereocenters. The van der Waals surface area contributed by atoms with E-state index in [-0.39, 0.29) is 11.9 Å². The van der Waals surface area contributed by atoms with Gasteiger partial charge in [0.25, 0.3) is 0 Å². The largest absolute Gasteiger partial charge is 0.470 e. The monoisotopic (exact) mass is 446 g/mol. The standard InChI is InChI=1S/C22H21F3N4O3/c23-22(24,25)20-27-26-19(32-20)17-8-6-16(7-9-17)10-11-29(18-4-2-1-3-5-18)21(30)28-12-14-31-15-13-28/h1-9H,10-15H2. The molecule has 1 aliphatic rings. The van der Waals surface area contributed by atoms with Crippen LogP contribution in [0.3, 0.4) is 0 Å². The highest BCUT2D eigenvalue weighted by atomic mass is 19.4. The minimum Gasteiger partial charge on any atom is -0.413 e. The van der Waals surface area contributed by atoms with E-state index in [9.17, 15) is 18.0 Å². The maximum Gasteiger partial charge on any atom is 0.470 e. The molecule has 0 saturated carbocycles. The number of nitrogens with zero attached hydrogens (tertiary/aromatic N) is 4. The van der Waals surface area contributed by atoms with Crippen LogP contribution in [-0.4, -0.2) is 54.0 Å². The van der Waals surface area contributed by atoms with Crippen LogP contribution in [0.4, 0.5) is 23.7 Å². The van der Waals surface area contributed by atoms with Gasteiger partial charge in [-0.2, -0.15) is 13.2 Å². The van der Waals surface area contributed by atoms with E-state index in [4.69, 9.17) is 9.15 Å². The van der Waals surface area contributed by atoms with Gasteiger partial charge in [-0.15, -0.1) is 10.2 Å². The lowest BCUT2D eigenvalue weighted by Gasteiger charge is -2.33. The molecule has 1 aliphatic heterocycles. The lowest BCUT2D eigenvalue weighted by atomic mass is 10.1. The smallest absolute Gasteiger partial charge is 0.413 e. The number of morpholine rings is 1. The molecule has 0 bridgehead atoms. The molecule has 0 spiro atoms. The number of halogens is 3. The van der Waals surface area contributed by atoms with Crippen molar-refractivity contribution in [2.45, 2.75) is 12.6 Å². The molecular formula is C22H21F3N4O3. The first-order valence-corrected chi connectivity index (χ1v) is 10.1. The molecule has 1 fully saturated rings. The van der Waals surface area contributed by atoms with Crippen molar-refractivity contribution in [3.8, 4) is 11.5 Å². The Bertz CT molecular complexity index is 1030. The van der Waals surface area contributed by atoms with Gasteiger partial charge in [0.1, 0.15) is 0 Å². The highest BCUT2D eigenvalue weighted by molar-refractivity contribution is 5.92. The molecule has 0 N–H and O–H groups in total. The Balaban J connectivity index is 1.46.